The molecule has 0 unspecified atom stereocenters. The fourth-order valence-corrected chi connectivity index (χ4v) is 2.24. The predicted molar refractivity (Wildman–Crippen MR) is 95.9 cm³/mol. The molecule has 0 spiro atoms. The Balaban J connectivity index is 1.86. The standard InChI is InChI=1S/C19H15BN2O/c20-15-11-12-17(21-16-9-5-2-6-10-16)18(13-15)22-19(23)14-7-3-1-4-8-14/h1-13,21H,(H,22,23). The molecule has 0 saturated heterocycles. The molecule has 0 aromatic heterocycles. The van der Waals surface area contributed by atoms with Gasteiger partial charge >= 0.3 is 0 Å². The lowest BCUT2D eigenvalue weighted by atomic mass is 9.95. The molecule has 0 atom stereocenters. The molecule has 3 aromatic carbocycles. The highest BCUT2D eigenvalue weighted by Crippen LogP contribution is 2.24. The molecule has 0 saturated carbocycles. The van der Waals surface area contributed by atoms with Crippen LogP contribution in [-0.2, 0) is 0 Å². The van der Waals surface area contributed by atoms with Crippen molar-refractivity contribution >= 4 is 36.3 Å². The SMILES string of the molecule is [B]c1ccc(Nc2ccccc2)c(NC(=O)c2ccccc2)c1. The number of nitrogens with one attached hydrogen (secondary N) is 2. The smallest absolute Gasteiger partial charge is 0.255 e. The number of hydrogen-bond donors (Lipinski definition) is 2. The average Bonchev–Trinajstić information content (AvgIpc) is 2.59. The normalized spacial score (nSPS) is 10.1. The molecule has 23 heavy (non-hydrogen) atoms. The summed E-state index contributed by atoms with van der Waals surface area (Å²) in [4.78, 5) is 12.4. The van der Waals surface area contributed by atoms with Crippen LogP contribution in [0.25, 0.3) is 0 Å². The molecule has 0 heterocycles. The summed E-state index contributed by atoms with van der Waals surface area (Å²) < 4.78 is 0. The Labute approximate surface area is 136 Å². The summed E-state index contributed by atoms with van der Waals surface area (Å²) in [5, 5.41) is 6.19. The second-order valence-corrected chi connectivity index (χ2v) is 5.12. The van der Waals surface area contributed by atoms with Crippen LogP contribution >= 0.6 is 0 Å². The molecule has 0 bridgehead atoms. The predicted octanol–water partition coefficient (Wildman–Crippen LogP) is 3.48. The van der Waals surface area contributed by atoms with Crippen molar-refractivity contribution in [2.24, 2.45) is 0 Å². The van der Waals surface area contributed by atoms with Gasteiger partial charge in [-0.3, -0.25) is 4.79 Å². The molecule has 2 radical (unpaired) electrons. The van der Waals surface area contributed by atoms with Crippen LogP contribution in [-0.4, -0.2) is 13.8 Å². The molecule has 3 nitrogen and oxygen atoms in total. The third-order valence-electron chi connectivity index (χ3n) is 3.38. The van der Waals surface area contributed by atoms with Gasteiger partial charge in [0, 0.05) is 11.3 Å². The zero-order valence-electron chi connectivity index (χ0n) is 12.5. The van der Waals surface area contributed by atoms with Gasteiger partial charge in [0.1, 0.15) is 7.85 Å². The van der Waals surface area contributed by atoms with Gasteiger partial charge in [0.05, 0.1) is 11.4 Å². The Morgan fingerprint density at radius 2 is 1.43 bits per heavy atom. The van der Waals surface area contributed by atoms with Gasteiger partial charge in [-0.1, -0.05) is 47.9 Å². The lowest BCUT2D eigenvalue weighted by molar-refractivity contribution is 0.102. The number of hydrogen-bond acceptors (Lipinski definition) is 2. The van der Waals surface area contributed by atoms with Crippen molar-refractivity contribution < 1.29 is 4.79 Å². The first kappa shape index (κ1) is 14.9. The highest BCUT2D eigenvalue weighted by molar-refractivity contribution is 6.33. The Morgan fingerprint density at radius 1 is 0.783 bits per heavy atom. The molecule has 1 amide bonds. The van der Waals surface area contributed by atoms with Crippen LogP contribution in [0.5, 0.6) is 0 Å². The Morgan fingerprint density at radius 3 is 2.13 bits per heavy atom. The van der Waals surface area contributed by atoms with E-state index in [1.807, 2.05) is 54.6 Å². The highest BCUT2D eigenvalue weighted by atomic mass is 16.1. The zero-order valence-corrected chi connectivity index (χ0v) is 12.5. The minimum atomic E-state index is -0.174. The number of carbonyl (C=O) groups is 1. The number of rotatable bonds is 4. The Bertz CT molecular complexity index is 804. The van der Waals surface area contributed by atoms with Crippen molar-refractivity contribution in [3.8, 4) is 0 Å². The maximum Gasteiger partial charge on any atom is 0.255 e. The monoisotopic (exact) mass is 298 g/mol. The second kappa shape index (κ2) is 6.84. The van der Waals surface area contributed by atoms with Crippen LogP contribution in [0.4, 0.5) is 17.1 Å². The summed E-state index contributed by atoms with van der Waals surface area (Å²) in [6, 6.07) is 24.2. The first-order chi connectivity index (χ1) is 11.2. The van der Waals surface area contributed by atoms with Crippen molar-refractivity contribution in [3.63, 3.8) is 0 Å². The van der Waals surface area contributed by atoms with E-state index < -0.39 is 0 Å². The molecule has 3 rings (SSSR count). The molecule has 0 fully saturated rings. The van der Waals surface area contributed by atoms with Crippen LogP contribution in [0.1, 0.15) is 10.4 Å². The van der Waals surface area contributed by atoms with Crippen molar-refractivity contribution in [2.75, 3.05) is 10.6 Å². The largest absolute Gasteiger partial charge is 0.354 e. The summed E-state index contributed by atoms with van der Waals surface area (Å²) in [5.41, 5.74) is 3.55. The minimum Gasteiger partial charge on any atom is -0.354 e. The topological polar surface area (TPSA) is 41.1 Å². The van der Waals surface area contributed by atoms with E-state index in [1.54, 1.807) is 24.3 Å². The first-order valence-electron chi connectivity index (χ1n) is 7.30. The summed E-state index contributed by atoms with van der Waals surface area (Å²) in [7, 11) is 5.86. The molecule has 2 N–H and O–H groups in total. The van der Waals surface area contributed by atoms with Gasteiger partial charge in [0.15, 0.2) is 0 Å². The van der Waals surface area contributed by atoms with E-state index in [0.29, 0.717) is 16.7 Å². The molecular formula is C19H15BN2O. The van der Waals surface area contributed by atoms with Gasteiger partial charge in [-0.15, -0.1) is 0 Å². The van der Waals surface area contributed by atoms with E-state index in [1.165, 1.54) is 0 Å². The van der Waals surface area contributed by atoms with E-state index in [0.717, 1.165) is 11.4 Å². The maximum atomic E-state index is 12.4. The molecule has 110 valence electrons. The number of benzene rings is 3. The van der Waals surface area contributed by atoms with Crippen molar-refractivity contribution in [1.29, 1.82) is 0 Å². The van der Waals surface area contributed by atoms with Crippen LogP contribution in [0.2, 0.25) is 0 Å². The van der Waals surface area contributed by atoms with Crippen LogP contribution < -0.4 is 16.1 Å². The fraction of sp³-hybridized carbons (Fsp3) is 0. The van der Waals surface area contributed by atoms with Gasteiger partial charge < -0.3 is 10.6 Å². The first-order valence-corrected chi connectivity index (χ1v) is 7.30. The molecular weight excluding hydrogens is 283 g/mol. The van der Waals surface area contributed by atoms with E-state index in [-0.39, 0.29) is 5.91 Å². The van der Waals surface area contributed by atoms with Gasteiger partial charge in [0.2, 0.25) is 0 Å². The van der Waals surface area contributed by atoms with E-state index in [2.05, 4.69) is 10.6 Å². The number of carbonyl (C=O) groups excluding carboxylic acids is 1. The summed E-state index contributed by atoms with van der Waals surface area (Å²) in [5.74, 6) is -0.174. The van der Waals surface area contributed by atoms with Gasteiger partial charge in [0.25, 0.3) is 5.91 Å². The van der Waals surface area contributed by atoms with Crippen molar-refractivity contribution in [2.45, 2.75) is 0 Å². The van der Waals surface area contributed by atoms with Crippen molar-refractivity contribution in [3.05, 3.63) is 84.4 Å². The molecule has 3 aromatic rings. The summed E-state index contributed by atoms with van der Waals surface area (Å²) in [6.07, 6.45) is 0. The Kier molecular flexibility index (Phi) is 4.43. The van der Waals surface area contributed by atoms with Crippen LogP contribution in [0.3, 0.4) is 0 Å². The van der Waals surface area contributed by atoms with E-state index in [4.69, 9.17) is 7.85 Å². The zero-order chi connectivity index (χ0) is 16.1. The lowest BCUT2D eigenvalue weighted by Gasteiger charge is -2.14. The molecule has 0 aliphatic carbocycles. The van der Waals surface area contributed by atoms with Crippen LogP contribution in [0.15, 0.2) is 78.9 Å². The second-order valence-electron chi connectivity index (χ2n) is 5.12. The summed E-state index contributed by atoms with van der Waals surface area (Å²) in [6.45, 7) is 0. The maximum absolute atomic E-state index is 12.4. The highest BCUT2D eigenvalue weighted by Gasteiger charge is 2.09. The summed E-state index contributed by atoms with van der Waals surface area (Å²) >= 11 is 0. The number of amides is 1. The van der Waals surface area contributed by atoms with Gasteiger partial charge in [-0.05, 0) is 36.4 Å². The quantitative estimate of drug-likeness (QED) is 0.724. The molecule has 0 aliphatic rings. The molecule has 4 heteroatoms. The average molecular weight is 298 g/mol. The van der Waals surface area contributed by atoms with Gasteiger partial charge in [-0.2, -0.15) is 0 Å². The van der Waals surface area contributed by atoms with Crippen molar-refractivity contribution in [1.82, 2.24) is 0 Å². The van der Waals surface area contributed by atoms with E-state index in [9.17, 15) is 4.79 Å². The third-order valence-corrected chi connectivity index (χ3v) is 3.38. The van der Waals surface area contributed by atoms with Gasteiger partial charge in [-0.25, -0.2) is 0 Å². The third kappa shape index (κ3) is 3.80. The number of anilines is 3. The molecule has 0 aliphatic heterocycles. The lowest BCUT2D eigenvalue weighted by Crippen LogP contribution is -2.15. The Hall–Kier alpha value is -3.01. The van der Waals surface area contributed by atoms with Crippen LogP contribution in [0, 0.1) is 0 Å². The minimum absolute atomic E-state index is 0.174. The number of para-hydroxylation sites is 1. The fourth-order valence-electron chi connectivity index (χ4n) is 2.24. The van der Waals surface area contributed by atoms with E-state index >= 15 is 0 Å².